The lowest BCUT2D eigenvalue weighted by Gasteiger charge is -2.28. The molecule has 0 bridgehead atoms. The predicted octanol–water partition coefficient (Wildman–Crippen LogP) is 4.76. The lowest BCUT2D eigenvalue weighted by atomic mass is 9.96. The molecule has 0 fully saturated rings. The minimum Gasteiger partial charge on any atom is -0.344 e. The summed E-state index contributed by atoms with van der Waals surface area (Å²) in [6.45, 7) is 9.03. The van der Waals surface area contributed by atoms with Gasteiger partial charge in [-0.25, -0.2) is 5.10 Å². The van der Waals surface area contributed by atoms with E-state index < -0.39 is 6.04 Å². The molecule has 0 aliphatic heterocycles. The molecule has 0 saturated heterocycles. The average molecular weight is 523 g/mol. The molecule has 0 spiro atoms. The minimum atomic E-state index is -0.600. The van der Waals surface area contributed by atoms with E-state index in [0.717, 1.165) is 41.5 Å². The third kappa shape index (κ3) is 7.64. The number of hydrogen-bond acceptors (Lipinski definition) is 6. The van der Waals surface area contributed by atoms with Crippen LogP contribution in [-0.2, 0) is 16.1 Å². The Balaban J connectivity index is 1.75. The van der Waals surface area contributed by atoms with E-state index in [1.807, 2.05) is 55.1 Å². The van der Waals surface area contributed by atoms with E-state index in [4.69, 9.17) is 0 Å². The van der Waals surface area contributed by atoms with Crippen LogP contribution < -0.4 is 5.32 Å². The van der Waals surface area contributed by atoms with Crippen LogP contribution >= 0.6 is 12.6 Å². The third-order valence-corrected chi connectivity index (χ3v) is 6.97. The van der Waals surface area contributed by atoms with E-state index in [1.54, 1.807) is 6.92 Å². The molecule has 9 heteroatoms. The van der Waals surface area contributed by atoms with Gasteiger partial charge in [0, 0.05) is 30.3 Å². The second-order valence-corrected chi connectivity index (χ2v) is 10.1. The highest BCUT2D eigenvalue weighted by atomic mass is 32.1. The van der Waals surface area contributed by atoms with Crippen molar-refractivity contribution in [2.24, 2.45) is 11.8 Å². The Hall–Kier alpha value is -3.20. The van der Waals surface area contributed by atoms with Gasteiger partial charge >= 0.3 is 0 Å². The number of tetrazole rings is 1. The zero-order valence-corrected chi connectivity index (χ0v) is 23.0. The number of carbonyl (C=O) groups is 2. The molecule has 3 aromatic rings. The van der Waals surface area contributed by atoms with Crippen molar-refractivity contribution in [3.8, 4) is 22.5 Å². The Morgan fingerprint density at radius 1 is 1.03 bits per heavy atom. The SMILES string of the molecule is CCCCCN(Cc1ccc(-c2ccccc2-c2nnn[nH]2)cc1)C(=O)[C@H](C)NC(=O)C(CS)C(C)C. The first kappa shape index (κ1) is 28.4. The van der Waals surface area contributed by atoms with Crippen molar-refractivity contribution in [3.05, 3.63) is 54.1 Å². The Morgan fingerprint density at radius 2 is 1.73 bits per heavy atom. The number of amides is 2. The highest BCUT2D eigenvalue weighted by molar-refractivity contribution is 7.80. The van der Waals surface area contributed by atoms with Crippen molar-refractivity contribution in [2.45, 2.75) is 59.5 Å². The summed E-state index contributed by atoms with van der Waals surface area (Å²) in [6, 6.07) is 15.5. The van der Waals surface area contributed by atoms with Crippen molar-refractivity contribution in [2.75, 3.05) is 12.3 Å². The van der Waals surface area contributed by atoms with E-state index in [1.165, 1.54) is 0 Å². The molecule has 0 aliphatic carbocycles. The summed E-state index contributed by atoms with van der Waals surface area (Å²) in [5.74, 6) is 0.802. The summed E-state index contributed by atoms with van der Waals surface area (Å²) in [7, 11) is 0. The Morgan fingerprint density at radius 3 is 2.32 bits per heavy atom. The molecule has 8 nitrogen and oxygen atoms in total. The number of nitrogens with zero attached hydrogens (tertiary/aromatic N) is 4. The molecule has 2 N–H and O–H groups in total. The van der Waals surface area contributed by atoms with Gasteiger partial charge in [-0.2, -0.15) is 12.6 Å². The Kier molecular flexibility index (Phi) is 10.7. The molecule has 1 heterocycles. The van der Waals surface area contributed by atoms with Gasteiger partial charge in [-0.1, -0.05) is 82.1 Å². The molecule has 0 saturated carbocycles. The van der Waals surface area contributed by atoms with Crippen molar-refractivity contribution >= 4 is 24.4 Å². The molecule has 2 amide bonds. The molecule has 3 rings (SSSR count). The maximum absolute atomic E-state index is 13.4. The highest BCUT2D eigenvalue weighted by Gasteiger charge is 2.27. The van der Waals surface area contributed by atoms with Crippen molar-refractivity contribution in [1.29, 1.82) is 0 Å². The predicted molar refractivity (Wildman–Crippen MR) is 150 cm³/mol. The van der Waals surface area contributed by atoms with Gasteiger partial charge in [0.05, 0.1) is 0 Å². The summed E-state index contributed by atoms with van der Waals surface area (Å²) < 4.78 is 0. The fraction of sp³-hybridized carbons (Fsp3) is 0.464. The number of H-pyrrole nitrogens is 1. The smallest absolute Gasteiger partial charge is 0.245 e. The van der Waals surface area contributed by atoms with Gasteiger partial charge in [-0.15, -0.1) is 5.10 Å². The van der Waals surface area contributed by atoms with Gasteiger partial charge in [0.2, 0.25) is 11.8 Å². The number of nitrogens with one attached hydrogen (secondary N) is 2. The Labute approximate surface area is 225 Å². The van der Waals surface area contributed by atoms with Crippen LogP contribution in [0, 0.1) is 11.8 Å². The lowest BCUT2D eigenvalue weighted by Crippen LogP contribution is -2.49. The summed E-state index contributed by atoms with van der Waals surface area (Å²) in [6.07, 6.45) is 3.04. The summed E-state index contributed by atoms with van der Waals surface area (Å²) >= 11 is 4.32. The van der Waals surface area contributed by atoms with E-state index >= 15 is 0 Å². The first-order chi connectivity index (χ1) is 17.8. The van der Waals surface area contributed by atoms with Crippen LogP contribution in [0.15, 0.2) is 48.5 Å². The fourth-order valence-corrected chi connectivity index (χ4v) is 4.88. The van der Waals surface area contributed by atoms with E-state index in [-0.39, 0.29) is 23.7 Å². The molecular weight excluding hydrogens is 484 g/mol. The zero-order chi connectivity index (χ0) is 26.8. The monoisotopic (exact) mass is 522 g/mol. The van der Waals surface area contributed by atoms with E-state index in [2.05, 4.69) is 57.6 Å². The van der Waals surface area contributed by atoms with Crippen LogP contribution in [0.5, 0.6) is 0 Å². The maximum atomic E-state index is 13.4. The first-order valence-electron chi connectivity index (χ1n) is 13.0. The zero-order valence-electron chi connectivity index (χ0n) is 22.1. The van der Waals surface area contributed by atoms with Crippen LogP contribution in [0.1, 0.15) is 52.5 Å². The number of aromatic nitrogens is 4. The number of aromatic amines is 1. The third-order valence-electron chi connectivity index (χ3n) is 6.58. The van der Waals surface area contributed by atoms with Crippen LogP contribution in [0.25, 0.3) is 22.5 Å². The summed E-state index contributed by atoms with van der Waals surface area (Å²) in [4.78, 5) is 28.0. The van der Waals surface area contributed by atoms with Crippen molar-refractivity contribution < 1.29 is 9.59 Å². The molecular formula is C28H38N6O2S. The van der Waals surface area contributed by atoms with Crippen LogP contribution in [0.4, 0.5) is 0 Å². The molecule has 2 atom stereocenters. The van der Waals surface area contributed by atoms with Crippen molar-refractivity contribution in [3.63, 3.8) is 0 Å². The second-order valence-electron chi connectivity index (χ2n) is 9.72. The fourth-order valence-electron chi connectivity index (χ4n) is 4.30. The number of benzene rings is 2. The molecule has 1 aromatic heterocycles. The second kappa shape index (κ2) is 13.9. The van der Waals surface area contributed by atoms with Crippen molar-refractivity contribution in [1.82, 2.24) is 30.8 Å². The molecule has 1 unspecified atom stereocenters. The van der Waals surface area contributed by atoms with Crippen LogP contribution in [-0.4, -0.2) is 55.7 Å². The summed E-state index contributed by atoms with van der Waals surface area (Å²) in [5.41, 5.74) is 4.00. The quantitative estimate of drug-likeness (QED) is 0.222. The molecule has 198 valence electrons. The van der Waals surface area contributed by atoms with Gasteiger partial charge in [0.15, 0.2) is 5.82 Å². The number of unbranched alkanes of at least 4 members (excludes halogenated alkanes) is 2. The van der Waals surface area contributed by atoms with E-state index in [9.17, 15) is 9.59 Å². The first-order valence-corrected chi connectivity index (χ1v) is 13.6. The van der Waals surface area contributed by atoms with Gasteiger partial charge < -0.3 is 10.2 Å². The molecule has 0 radical (unpaired) electrons. The number of hydrogen-bond donors (Lipinski definition) is 3. The summed E-state index contributed by atoms with van der Waals surface area (Å²) in [5, 5.41) is 17.2. The minimum absolute atomic E-state index is 0.0710. The number of rotatable bonds is 13. The molecule has 0 aliphatic rings. The number of carbonyl (C=O) groups excluding carboxylic acids is 2. The van der Waals surface area contributed by atoms with Crippen LogP contribution in [0.3, 0.4) is 0 Å². The normalized spacial score (nSPS) is 12.8. The molecule has 37 heavy (non-hydrogen) atoms. The maximum Gasteiger partial charge on any atom is 0.245 e. The van der Waals surface area contributed by atoms with Gasteiger partial charge in [-0.05, 0) is 46.4 Å². The van der Waals surface area contributed by atoms with Gasteiger partial charge in [-0.3, -0.25) is 9.59 Å². The van der Waals surface area contributed by atoms with Gasteiger partial charge in [0.1, 0.15) is 6.04 Å². The molecule has 2 aromatic carbocycles. The highest BCUT2D eigenvalue weighted by Crippen LogP contribution is 2.30. The van der Waals surface area contributed by atoms with Gasteiger partial charge in [0.25, 0.3) is 0 Å². The largest absolute Gasteiger partial charge is 0.344 e. The average Bonchev–Trinajstić information content (AvgIpc) is 3.43. The standard InChI is InChI=1S/C28H38N6O2S/c1-5-6-9-16-34(28(36)20(4)29-27(35)25(18-37)19(2)3)17-21-12-14-22(15-13-21)23-10-7-8-11-24(23)26-30-32-33-31-26/h7-8,10-15,19-20,25,37H,5-6,9,16-18H2,1-4H3,(H,29,35)(H,30,31,32,33)/t20-,25?/m0/s1. The van der Waals surface area contributed by atoms with Crippen LogP contribution in [0.2, 0.25) is 0 Å². The Bertz CT molecular complexity index is 1130. The topological polar surface area (TPSA) is 104 Å². The lowest BCUT2D eigenvalue weighted by molar-refractivity contribution is -0.137. The van der Waals surface area contributed by atoms with E-state index in [0.29, 0.717) is 24.7 Å². The number of thiol groups is 1.